The quantitative estimate of drug-likeness (QED) is 0.794. The maximum Gasteiger partial charge on any atom is 0.356 e. The van der Waals surface area contributed by atoms with E-state index in [0.717, 1.165) is 18.2 Å². The lowest BCUT2D eigenvalue weighted by Crippen LogP contribution is -2.15. The van der Waals surface area contributed by atoms with Gasteiger partial charge in [0.2, 0.25) is 0 Å². The number of pyridine rings is 1. The number of aromatic hydroxyl groups is 1. The van der Waals surface area contributed by atoms with E-state index in [1.54, 1.807) is 0 Å². The van der Waals surface area contributed by atoms with Crippen LogP contribution in [0.1, 0.15) is 20.8 Å². The normalized spacial score (nSPS) is 10.1. The molecule has 0 unspecified atom stereocenters. The summed E-state index contributed by atoms with van der Waals surface area (Å²) in [5, 5.41) is 20.7. The Kier molecular flexibility index (Phi) is 3.60. The molecule has 0 radical (unpaired) electrons. The van der Waals surface area contributed by atoms with Crippen LogP contribution < -0.4 is 5.32 Å². The first-order valence-corrected chi connectivity index (χ1v) is 5.47. The van der Waals surface area contributed by atoms with E-state index >= 15 is 0 Å². The van der Waals surface area contributed by atoms with Gasteiger partial charge in [0.1, 0.15) is 11.6 Å². The van der Waals surface area contributed by atoms with E-state index in [-0.39, 0.29) is 16.9 Å². The van der Waals surface area contributed by atoms with Gasteiger partial charge in [-0.3, -0.25) is 4.79 Å². The first kappa shape index (κ1) is 13.5. The van der Waals surface area contributed by atoms with Gasteiger partial charge in [-0.25, -0.2) is 14.2 Å². The number of hydrogen-bond donors (Lipinski definition) is 3. The van der Waals surface area contributed by atoms with Crippen LogP contribution in [0.15, 0.2) is 36.5 Å². The van der Waals surface area contributed by atoms with Gasteiger partial charge in [-0.05, 0) is 24.3 Å². The molecule has 2 rings (SSSR count). The zero-order chi connectivity index (χ0) is 14.7. The summed E-state index contributed by atoms with van der Waals surface area (Å²) in [5.74, 6) is -3.29. The molecule has 1 amide bonds. The first-order chi connectivity index (χ1) is 9.49. The number of nitrogens with one attached hydrogen (secondary N) is 1. The fourth-order valence-corrected chi connectivity index (χ4v) is 1.56. The van der Waals surface area contributed by atoms with E-state index in [9.17, 15) is 19.1 Å². The number of carboxylic acids is 1. The van der Waals surface area contributed by atoms with Gasteiger partial charge in [-0.2, -0.15) is 0 Å². The Morgan fingerprint density at radius 1 is 1.25 bits per heavy atom. The van der Waals surface area contributed by atoms with E-state index in [1.165, 1.54) is 18.3 Å². The van der Waals surface area contributed by atoms with Gasteiger partial charge < -0.3 is 15.5 Å². The van der Waals surface area contributed by atoms with E-state index in [0.29, 0.717) is 0 Å². The molecule has 0 aliphatic rings. The zero-order valence-electron chi connectivity index (χ0n) is 10.0. The fraction of sp³-hybridized carbons (Fsp3) is 0. The number of rotatable bonds is 3. The van der Waals surface area contributed by atoms with Crippen LogP contribution in [0.25, 0.3) is 0 Å². The number of anilines is 1. The molecule has 0 aliphatic carbocycles. The maximum absolute atomic E-state index is 12.8. The van der Waals surface area contributed by atoms with E-state index < -0.39 is 23.4 Å². The summed E-state index contributed by atoms with van der Waals surface area (Å²) in [6.07, 6.45) is 1.27. The monoisotopic (exact) mass is 276 g/mol. The molecule has 0 saturated heterocycles. The molecule has 0 saturated carbocycles. The largest absolute Gasteiger partial charge is 0.507 e. The molecule has 3 N–H and O–H groups in total. The summed E-state index contributed by atoms with van der Waals surface area (Å²) >= 11 is 0. The molecule has 0 spiro atoms. The predicted octanol–water partition coefficient (Wildman–Crippen LogP) is 1.88. The number of amides is 1. The Hall–Kier alpha value is -2.96. The first-order valence-electron chi connectivity index (χ1n) is 5.47. The second kappa shape index (κ2) is 5.35. The number of nitrogens with zero attached hydrogens (tertiary/aromatic N) is 1. The molecule has 2 aromatic rings. The molecule has 1 heterocycles. The minimum atomic E-state index is -1.30. The highest BCUT2D eigenvalue weighted by Crippen LogP contribution is 2.20. The molecule has 0 fully saturated rings. The van der Waals surface area contributed by atoms with Crippen LogP contribution in [0, 0.1) is 5.82 Å². The highest BCUT2D eigenvalue weighted by molar-refractivity contribution is 6.08. The van der Waals surface area contributed by atoms with E-state index in [4.69, 9.17) is 5.11 Å². The molecule has 1 aromatic heterocycles. The van der Waals surface area contributed by atoms with Crippen molar-refractivity contribution in [2.75, 3.05) is 5.32 Å². The minimum Gasteiger partial charge on any atom is -0.507 e. The van der Waals surface area contributed by atoms with Gasteiger partial charge in [0.05, 0.1) is 11.3 Å². The molecular weight excluding hydrogens is 267 g/mol. The fourth-order valence-electron chi connectivity index (χ4n) is 1.56. The summed E-state index contributed by atoms with van der Waals surface area (Å²) in [6, 6.07) is 5.70. The molecule has 7 heteroatoms. The van der Waals surface area contributed by atoms with Gasteiger partial charge in [0.25, 0.3) is 5.91 Å². The van der Waals surface area contributed by atoms with Crippen molar-refractivity contribution in [3.05, 3.63) is 53.6 Å². The Bertz CT molecular complexity index is 688. The Morgan fingerprint density at radius 2 is 2.00 bits per heavy atom. The van der Waals surface area contributed by atoms with Crippen LogP contribution in [-0.4, -0.2) is 27.1 Å². The van der Waals surface area contributed by atoms with E-state index in [2.05, 4.69) is 10.3 Å². The molecule has 102 valence electrons. The minimum absolute atomic E-state index is 0.0197. The zero-order valence-corrected chi connectivity index (χ0v) is 10.0. The van der Waals surface area contributed by atoms with Crippen molar-refractivity contribution < 1.29 is 24.2 Å². The van der Waals surface area contributed by atoms with E-state index in [1.807, 2.05) is 0 Å². The predicted molar refractivity (Wildman–Crippen MR) is 67.2 cm³/mol. The van der Waals surface area contributed by atoms with Gasteiger partial charge in [0.15, 0.2) is 5.69 Å². The lowest BCUT2D eigenvalue weighted by molar-refractivity contribution is 0.0691. The Morgan fingerprint density at radius 3 is 2.65 bits per heavy atom. The highest BCUT2D eigenvalue weighted by Gasteiger charge is 2.16. The number of carboxylic acid groups (broad SMARTS) is 1. The van der Waals surface area contributed by atoms with Crippen molar-refractivity contribution in [1.29, 1.82) is 0 Å². The molecular formula is C13H9FN2O4. The standard InChI is InChI=1S/C13H9FN2O4/c14-7-3-4-8(10(17)6-7)12(18)16-9-2-1-5-15-11(9)13(19)20/h1-6,17H,(H,16,18)(H,19,20). The number of benzene rings is 1. The lowest BCUT2D eigenvalue weighted by Gasteiger charge is -2.08. The van der Waals surface area contributed by atoms with Crippen LogP contribution in [0.3, 0.4) is 0 Å². The number of aromatic carboxylic acids is 1. The second-order valence-electron chi connectivity index (χ2n) is 3.82. The third kappa shape index (κ3) is 2.72. The second-order valence-corrected chi connectivity index (χ2v) is 3.82. The summed E-state index contributed by atoms with van der Waals surface area (Å²) < 4.78 is 12.8. The smallest absolute Gasteiger partial charge is 0.356 e. The third-order valence-electron chi connectivity index (χ3n) is 2.46. The van der Waals surface area contributed by atoms with Crippen molar-refractivity contribution in [3.63, 3.8) is 0 Å². The number of phenolic OH excluding ortho intramolecular Hbond substituents is 1. The van der Waals surface area contributed by atoms with Crippen molar-refractivity contribution in [1.82, 2.24) is 4.98 Å². The van der Waals surface area contributed by atoms with Gasteiger partial charge in [0, 0.05) is 12.3 Å². The van der Waals surface area contributed by atoms with Crippen LogP contribution in [0.2, 0.25) is 0 Å². The highest BCUT2D eigenvalue weighted by atomic mass is 19.1. The molecule has 1 aromatic carbocycles. The van der Waals surface area contributed by atoms with Gasteiger partial charge in [-0.15, -0.1) is 0 Å². The number of halogens is 1. The molecule has 20 heavy (non-hydrogen) atoms. The third-order valence-corrected chi connectivity index (χ3v) is 2.46. The van der Waals surface area contributed by atoms with Crippen molar-refractivity contribution in [2.45, 2.75) is 0 Å². The molecule has 6 nitrogen and oxygen atoms in total. The van der Waals surface area contributed by atoms with Crippen molar-refractivity contribution >= 4 is 17.6 Å². The molecule has 0 bridgehead atoms. The van der Waals surface area contributed by atoms with Crippen molar-refractivity contribution in [2.24, 2.45) is 0 Å². The SMILES string of the molecule is O=C(Nc1cccnc1C(=O)O)c1ccc(F)cc1O. The van der Waals surface area contributed by atoms with Crippen LogP contribution >= 0.6 is 0 Å². The number of phenols is 1. The average molecular weight is 276 g/mol. The Labute approximate surface area is 112 Å². The van der Waals surface area contributed by atoms with Crippen LogP contribution in [0.5, 0.6) is 5.75 Å². The topological polar surface area (TPSA) is 99.5 Å². The molecule has 0 aliphatic heterocycles. The van der Waals surface area contributed by atoms with Crippen molar-refractivity contribution in [3.8, 4) is 5.75 Å². The average Bonchev–Trinajstić information content (AvgIpc) is 2.38. The maximum atomic E-state index is 12.8. The Balaban J connectivity index is 2.30. The summed E-state index contributed by atoms with van der Waals surface area (Å²) in [7, 11) is 0. The molecule has 0 atom stereocenters. The number of carbonyl (C=O) groups is 2. The summed E-state index contributed by atoms with van der Waals surface area (Å²) in [4.78, 5) is 26.5. The number of aromatic nitrogens is 1. The van der Waals surface area contributed by atoms with Crippen LogP contribution in [0.4, 0.5) is 10.1 Å². The van der Waals surface area contributed by atoms with Gasteiger partial charge in [-0.1, -0.05) is 0 Å². The number of hydrogen-bond acceptors (Lipinski definition) is 4. The van der Waals surface area contributed by atoms with Gasteiger partial charge >= 0.3 is 5.97 Å². The lowest BCUT2D eigenvalue weighted by atomic mass is 10.1. The van der Waals surface area contributed by atoms with Crippen LogP contribution in [-0.2, 0) is 0 Å². The summed E-state index contributed by atoms with van der Waals surface area (Å²) in [5.41, 5.74) is -0.525. The summed E-state index contributed by atoms with van der Waals surface area (Å²) in [6.45, 7) is 0. The number of carbonyl (C=O) groups excluding carboxylic acids is 1.